The summed E-state index contributed by atoms with van der Waals surface area (Å²) in [6.07, 6.45) is 2.60. The van der Waals surface area contributed by atoms with E-state index in [0.717, 1.165) is 4.68 Å². The van der Waals surface area contributed by atoms with Crippen molar-refractivity contribution in [3.8, 4) is 6.07 Å². The highest BCUT2D eigenvalue weighted by atomic mass is 35.5. The van der Waals surface area contributed by atoms with E-state index in [9.17, 15) is 8.42 Å². The van der Waals surface area contributed by atoms with Crippen LogP contribution in [0.25, 0.3) is 5.70 Å². The number of hydrogen-bond donors (Lipinski definition) is 1. The topological polar surface area (TPSA) is 98.5 Å². The predicted molar refractivity (Wildman–Crippen MR) is 79.7 cm³/mol. The minimum Gasteiger partial charge on any atom is -0.252 e. The molecule has 1 atom stereocenters. The largest absolute Gasteiger partial charge is 0.376 e. The summed E-state index contributed by atoms with van der Waals surface area (Å²) in [5.41, 5.74) is 0.146. The molecule has 8 heteroatoms. The molecule has 22 heavy (non-hydrogen) atoms. The minimum absolute atomic E-state index is 0.115. The Labute approximate surface area is 132 Å². The standard InChI is InChI=1S/C14H10ClN4O2S/c15-14(22(20,21)13-4-2-1-3-5-13)11-6-7-19(18-10-11)12(8-16)9-17/h1-7,10,14,16H/q+1. The summed E-state index contributed by atoms with van der Waals surface area (Å²) in [6.45, 7) is 0. The first-order chi connectivity index (χ1) is 10.5. The molecule has 0 saturated carbocycles. The molecule has 0 bridgehead atoms. The Hall–Kier alpha value is -2.52. The maximum atomic E-state index is 12.4. The third-order valence-electron chi connectivity index (χ3n) is 2.80. The second kappa shape index (κ2) is 6.50. The molecule has 0 radical (unpaired) electrons. The number of sulfone groups is 1. The van der Waals surface area contributed by atoms with Gasteiger partial charge in [0.1, 0.15) is 6.20 Å². The SMILES string of the molecule is N#CC(=C=N)[n+]1ccc(C(Cl)S(=O)(=O)c2ccccc2)cn1. The lowest BCUT2D eigenvalue weighted by Gasteiger charge is -2.10. The van der Waals surface area contributed by atoms with E-state index in [1.165, 1.54) is 30.6 Å². The quantitative estimate of drug-likeness (QED) is 0.398. The zero-order valence-electron chi connectivity index (χ0n) is 11.1. The van der Waals surface area contributed by atoms with Crippen molar-refractivity contribution in [1.29, 1.82) is 10.7 Å². The zero-order valence-corrected chi connectivity index (χ0v) is 12.7. The number of nitrogens with one attached hydrogen (secondary N) is 1. The van der Waals surface area contributed by atoms with Gasteiger partial charge in [0.15, 0.2) is 20.6 Å². The molecule has 1 N–H and O–H groups in total. The minimum atomic E-state index is -3.74. The van der Waals surface area contributed by atoms with E-state index in [4.69, 9.17) is 22.3 Å². The smallest absolute Gasteiger partial charge is 0.252 e. The number of benzene rings is 1. The molecule has 0 aliphatic carbocycles. The van der Waals surface area contributed by atoms with Crippen molar-refractivity contribution in [2.45, 2.75) is 9.60 Å². The molecule has 0 fully saturated rings. The van der Waals surface area contributed by atoms with Gasteiger partial charge >= 0.3 is 5.70 Å². The molecule has 1 unspecified atom stereocenters. The average molecular weight is 334 g/mol. The number of alkyl halides is 1. The van der Waals surface area contributed by atoms with Crippen LogP contribution in [-0.4, -0.2) is 19.4 Å². The maximum Gasteiger partial charge on any atom is 0.376 e. The molecule has 1 aromatic heterocycles. The van der Waals surface area contributed by atoms with Gasteiger partial charge in [0.05, 0.1) is 10.8 Å². The Morgan fingerprint density at radius 2 is 2.00 bits per heavy atom. The molecule has 0 aliphatic rings. The van der Waals surface area contributed by atoms with Gasteiger partial charge in [-0.2, -0.15) is 5.26 Å². The van der Waals surface area contributed by atoms with E-state index in [1.54, 1.807) is 24.3 Å². The van der Waals surface area contributed by atoms with Crippen LogP contribution in [0.5, 0.6) is 0 Å². The van der Waals surface area contributed by atoms with Gasteiger partial charge in [-0.15, -0.1) is 0 Å². The Kier molecular flexibility index (Phi) is 4.68. The molecule has 1 aromatic carbocycles. The van der Waals surface area contributed by atoms with Crippen molar-refractivity contribution in [2.24, 2.45) is 0 Å². The summed E-state index contributed by atoms with van der Waals surface area (Å²) in [5, 5.41) is 19.6. The Bertz CT molecular complexity index is 867. The van der Waals surface area contributed by atoms with Crippen LogP contribution in [0.15, 0.2) is 53.7 Å². The molecular formula is C14H10ClN4O2S+. The number of aromatic nitrogens is 2. The first-order valence-corrected chi connectivity index (χ1v) is 8.00. The molecule has 2 rings (SSSR count). The zero-order chi connectivity index (χ0) is 16.2. The Morgan fingerprint density at radius 3 is 2.50 bits per heavy atom. The van der Waals surface area contributed by atoms with Crippen LogP contribution in [0, 0.1) is 16.7 Å². The molecular weight excluding hydrogens is 324 g/mol. The molecule has 0 aliphatic heterocycles. The van der Waals surface area contributed by atoms with E-state index in [2.05, 4.69) is 5.10 Å². The summed E-state index contributed by atoms with van der Waals surface area (Å²) < 4.78 is 24.6. The van der Waals surface area contributed by atoms with Crippen LogP contribution in [0.1, 0.15) is 10.3 Å². The van der Waals surface area contributed by atoms with Gasteiger partial charge in [-0.05, 0) is 21.9 Å². The normalized spacial score (nSPS) is 12.0. The fourth-order valence-electron chi connectivity index (χ4n) is 1.68. The monoisotopic (exact) mass is 333 g/mol. The second-order valence-electron chi connectivity index (χ2n) is 4.16. The average Bonchev–Trinajstić information content (AvgIpc) is 2.57. The number of nitriles is 1. The van der Waals surface area contributed by atoms with Gasteiger partial charge in [-0.25, -0.2) is 8.42 Å². The van der Waals surface area contributed by atoms with Gasteiger partial charge in [0.25, 0.3) is 0 Å². The summed E-state index contributed by atoms with van der Waals surface area (Å²) >= 11 is 6.07. The van der Waals surface area contributed by atoms with E-state index < -0.39 is 14.5 Å². The van der Waals surface area contributed by atoms with E-state index in [1.807, 2.05) is 5.87 Å². The number of halogens is 1. The van der Waals surface area contributed by atoms with Crippen LogP contribution in [0.2, 0.25) is 0 Å². The highest BCUT2D eigenvalue weighted by Gasteiger charge is 2.28. The molecule has 2 aromatic rings. The van der Waals surface area contributed by atoms with Gasteiger partial charge in [0, 0.05) is 11.6 Å². The van der Waals surface area contributed by atoms with Crippen LogP contribution in [0.4, 0.5) is 0 Å². The summed E-state index contributed by atoms with van der Waals surface area (Å²) in [6, 6.07) is 11.0. The van der Waals surface area contributed by atoms with E-state index >= 15 is 0 Å². The van der Waals surface area contributed by atoms with Crippen molar-refractivity contribution in [3.63, 3.8) is 0 Å². The van der Waals surface area contributed by atoms with Crippen molar-refractivity contribution in [1.82, 2.24) is 5.10 Å². The lowest BCUT2D eigenvalue weighted by atomic mass is 10.3. The number of rotatable bonds is 4. The van der Waals surface area contributed by atoms with Crippen molar-refractivity contribution < 1.29 is 13.1 Å². The number of allylic oxidation sites excluding steroid dienone is 1. The fourth-order valence-corrected chi connectivity index (χ4v) is 3.39. The van der Waals surface area contributed by atoms with Gasteiger partial charge in [-0.3, -0.25) is 5.41 Å². The van der Waals surface area contributed by atoms with Crippen molar-refractivity contribution >= 4 is 33.0 Å². The second-order valence-corrected chi connectivity index (χ2v) is 6.89. The first-order valence-electron chi connectivity index (χ1n) is 6.02. The number of nitrogens with zero attached hydrogens (tertiary/aromatic N) is 3. The van der Waals surface area contributed by atoms with E-state index in [-0.39, 0.29) is 16.2 Å². The third kappa shape index (κ3) is 3.05. The number of hydrogen-bond acceptors (Lipinski definition) is 5. The molecule has 0 amide bonds. The molecule has 110 valence electrons. The fraction of sp³-hybridized carbons (Fsp3) is 0.0714. The molecule has 0 saturated heterocycles. The summed E-state index contributed by atoms with van der Waals surface area (Å²) in [5.74, 6) is 1.93. The molecule has 6 nitrogen and oxygen atoms in total. The summed E-state index contributed by atoms with van der Waals surface area (Å²) in [7, 11) is -3.74. The lowest BCUT2D eigenvalue weighted by Crippen LogP contribution is -2.36. The highest BCUT2D eigenvalue weighted by molar-refractivity contribution is 7.92. The van der Waals surface area contributed by atoms with Gasteiger partial charge in [-0.1, -0.05) is 29.8 Å². The van der Waals surface area contributed by atoms with Gasteiger partial charge in [0.2, 0.25) is 6.20 Å². The Balaban J connectivity index is 2.37. The lowest BCUT2D eigenvalue weighted by molar-refractivity contribution is -0.641. The van der Waals surface area contributed by atoms with Crippen molar-refractivity contribution in [3.05, 3.63) is 54.4 Å². The molecule has 0 spiro atoms. The van der Waals surface area contributed by atoms with E-state index in [0.29, 0.717) is 0 Å². The van der Waals surface area contributed by atoms with Crippen LogP contribution >= 0.6 is 11.6 Å². The predicted octanol–water partition coefficient (Wildman–Crippen LogP) is 1.69. The highest BCUT2D eigenvalue weighted by Crippen LogP contribution is 2.31. The first kappa shape index (κ1) is 15.9. The van der Waals surface area contributed by atoms with Crippen molar-refractivity contribution in [2.75, 3.05) is 0 Å². The molecule has 1 heterocycles. The maximum absolute atomic E-state index is 12.4. The Morgan fingerprint density at radius 1 is 1.32 bits per heavy atom. The van der Waals surface area contributed by atoms with Crippen LogP contribution in [-0.2, 0) is 9.84 Å². The van der Waals surface area contributed by atoms with Crippen LogP contribution in [0.3, 0.4) is 0 Å². The van der Waals surface area contributed by atoms with Crippen LogP contribution < -0.4 is 4.68 Å². The van der Waals surface area contributed by atoms with Gasteiger partial charge < -0.3 is 0 Å². The third-order valence-corrected chi connectivity index (χ3v) is 5.50. The summed E-state index contributed by atoms with van der Waals surface area (Å²) in [4.78, 5) is 0.115.